The Morgan fingerprint density at radius 2 is 1.81 bits per heavy atom. The van der Waals surface area contributed by atoms with Crippen LogP contribution in [0.1, 0.15) is 24.0 Å². The fourth-order valence-corrected chi connectivity index (χ4v) is 2.33. The van der Waals surface area contributed by atoms with E-state index in [1.165, 1.54) is 17.2 Å². The van der Waals surface area contributed by atoms with E-state index in [1.54, 1.807) is 13.2 Å². The largest absolute Gasteiger partial charge is 0.330 e. The van der Waals surface area contributed by atoms with E-state index in [9.17, 15) is 9.59 Å². The molecular formula is C16H21N3O2. The number of aryl methyl sites for hydroxylation is 1. The molecule has 2 aromatic rings. The molecule has 5 heteroatoms. The zero-order valence-corrected chi connectivity index (χ0v) is 12.7. The quantitative estimate of drug-likeness (QED) is 0.892. The van der Waals surface area contributed by atoms with Gasteiger partial charge in [-0.15, -0.1) is 0 Å². The molecule has 21 heavy (non-hydrogen) atoms. The molecule has 1 aromatic carbocycles. The summed E-state index contributed by atoms with van der Waals surface area (Å²) in [7, 11) is 3.15. The van der Waals surface area contributed by atoms with Crippen LogP contribution in [0.25, 0.3) is 0 Å². The van der Waals surface area contributed by atoms with E-state index in [0.717, 1.165) is 11.1 Å². The van der Waals surface area contributed by atoms with Crippen LogP contribution in [0.3, 0.4) is 0 Å². The van der Waals surface area contributed by atoms with Crippen molar-refractivity contribution in [3.05, 3.63) is 68.5 Å². The van der Waals surface area contributed by atoms with E-state index in [2.05, 4.69) is 24.4 Å². The number of hydrogen-bond donors (Lipinski definition) is 1. The first-order chi connectivity index (χ1) is 10.0. The van der Waals surface area contributed by atoms with Crippen LogP contribution < -0.4 is 16.6 Å². The van der Waals surface area contributed by atoms with Gasteiger partial charge in [0.05, 0.1) is 0 Å². The highest BCUT2D eigenvalue weighted by Crippen LogP contribution is 2.12. The molecule has 1 atom stereocenters. The van der Waals surface area contributed by atoms with Crippen molar-refractivity contribution in [2.45, 2.75) is 19.4 Å². The predicted molar refractivity (Wildman–Crippen MR) is 83.5 cm³/mol. The van der Waals surface area contributed by atoms with Gasteiger partial charge >= 0.3 is 5.69 Å². The predicted octanol–water partition coefficient (Wildman–Crippen LogP) is 0.977. The Kier molecular flexibility index (Phi) is 4.75. The lowest BCUT2D eigenvalue weighted by atomic mass is 10.0. The summed E-state index contributed by atoms with van der Waals surface area (Å²) < 4.78 is 2.57. The van der Waals surface area contributed by atoms with E-state index in [4.69, 9.17) is 0 Å². The van der Waals surface area contributed by atoms with E-state index < -0.39 is 0 Å². The molecular weight excluding hydrogens is 266 g/mol. The maximum absolute atomic E-state index is 12.0. The first kappa shape index (κ1) is 15.3. The van der Waals surface area contributed by atoms with Gasteiger partial charge in [-0.05, 0) is 11.5 Å². The van der Waals surface area contributed by atoms with Crippen LogP contribution in [0.4, 0.5) is 0 Å². The molecule has 1 aromatic heterocycles. The molecule has 1 unspecified atom stereocenters. The summed E-state index contributed by atoms with van der Waals surface area (Å²) in [5.74, 6) is 0.364. The third-order valence-corrected chi connectivity index (χ3v) is 3.65. The van der Waals surface area contributed by atoms with Gasteiger partial charge in [-0.25, -0.2) is 4.79 Å². The maximum atomic E-state index is 12.0. The van der Waals surface area contributed by atoms with Crippen LogP contribution in [-0.4, -0.2) is 15.7 Å². The lowest BCUT2D eigenvalue weighted by molar-refractivity contribution is 0.594. The van der Waals surface area contributed by atoms with E-state index in [1.807, 2.05) is 18.2 Å². The molecule has 0 spiro atoms. The Labute approximate surface area is 123 Å². The Balaban J connectivity index is 2.02. The number of benzene rings is 1. The highest BCUT2D eigenvalue weighted by Gasteiger charge is 2.08. The summed E-state index contributed by atoms with van der Waals surface area (Å²) in [5, 5.41) is 3.29. The molecule has 1 heterocycles. The second-order valence-corrected chi connectivity index (χ2v) is 5.35. The van der Waals surface area contributed by atoms with Gasteiger partial charge in [0.25, 0.3) is 5.56 Å². The van der Waals surface area contributed by atoms with Crippen molar-refractivity contribution in [1.29, 1.82) is 0 Å². The molecule has 0 aliphatic rings. The van der Waals surface area contributed by atoms with E-state index in [0.29, 0.717) is 18.0 Å². The van der Waals surface area contributed by atoms with Gasteiger partial charge in [0.2, 0.25) is 0 Å². The summed E-state index contributed by atoms with van der Waals surface area (Å²) in [6.45, 7) is 3.37. The minimum Gasteiger partial charge on any atom is -0.312 e. The van der Waals surface area contributed by atoms with Gasteiger partial charge in [-0.3, -0.25) is 9.36 Å². The Hall–Kier alpha value is -2.14. The van der Waals surface area contributed by atoms with Crippen LogP contribution in [0, 0.1) is 0 Å². The van der Waals surface area contributed by atoms with Crippen LogP contribution >= 0.6 is 0 Å². The molecule has 112 valence electrons. The number of aromatic nitrogens is 2. The molecule has 0 aliphatic heterocycles. The summed E-state index contributed by atoms with van der Waals surface area (Å²) in [6.07, 6.45) is 1.60. The smallest absolute Gasteiger partial charge is 0.312 e. The van der Waals surface area contributed by atoms with Crippen LogP contribution in [0.5, 0.6) is 0 Å². The number of rotatable bonds is 5. The molecule has 5 nitrogen and oxygen atoms in total. The zero-order chi connectivity index (χ0) is 15.4. The van der Waals surface area contributed by atoms with Crippen molar-refractivity contribution in [1.82, 2.24) is 14.5 Å². The summed E-state index contributed by atoms with van der Waals surface area (Å²) in [6, 6.07) is 10.2. The topological polar surface area (TPSA) is 56.0 Å². The van der Waals surface area contributed by atoms with Gasteiger partial charge in [-0.1, -0.05) is 37.3 Å². The summed E-state index contributed by atoms with van der Waals surface area (Å²) >= 11 is 0. The molecule has 2 rings (SSSR count). The van der Waals surface area contributed by atoms with Gasteiger partial charge in [0, 0.05) is 38.9 Å². The fraction of sp³-hybridized carbons (Fsp3) is 0.375. The molecule has 0 amide bonds. The van der Waals surface area contributed by atoms with Crippen molar-refractivity contribution in [3.63, 3.8) is 0 Å². The van der Waals surface area contributed by atoms with Gasteiger partial charge in [0.1, 0.15) is 0 Å². The van der Waals surface area contributed by atoms with Crippen molar-refractivity contribution < 1.29 is 0 Å². The lowest BCUT2D eigenvalue weighted by Gasteiger charge is -2.13. The second kappa shape index (κ2) is 6.54. The average Bonchev–Trinajstić information content (AvgIpc) is 2.51. The third kappa shape index (κ3) is 3.49. The normalized spacial score (nSPS) is 12.3. The van der Waals surface area contributed by atoms with Gasteiger partial charge in [0.15, 0.2) is 0 Å². The van der Waals surface area contributed by atoms with Crippen LogP contribution in [0.15, 0.2) is 46.1 Å². The molecule has 0 saturated carbocycles. The van der Waals surface area contributed by atoms with E-state index >= 15 is 0 Å². The lowest BCUT2D eigenvalue weighted by Crippen LogP contribution is -2.39. The summed E-state index contributed by atoms with van der Waals surface area (Å²) in [4.78, 5) is 23.6. The van der Waals surface area contributed by atoms with Crippen molar-refractivity contribution in [2.75, 3.05) is 6.54 Å². The standard InChI is InChI=1S/C16H21N3O2/c1-12(13-7-5-4-6-8-13)9-17-10-14-11-18(2)16(21)19(3)15(14)20/h4-8,11-12,17H,9-10H2,1-3H3. The Bertz CT molecular complexity index is 717. The van der Waals surface area contributed by atoms with Gasteiger partial charge in [-0.2, -0.15) is 0 Å². The fourth-order valence-electron chi connectivity index (χ4n) is 2.33. The molecule has 0 aliphatic carbocycles. The molecule has 0 saturated heterocycles. The first-order valence-electron chi connectivity index (χ1n) is 7.02. The number of nitrogens with one attached hydrogen (secondary N) is 1. The third-order valence-electron chi connectivity index (χ3n) is 3.65. The van der Waals surface area contributed by atoms with Crippen molar-refractivity contribution >= 4 is 0 Å². The first-order valence-corrected chi connectivity index (χ1v) is 7.02. The summed E-state index contributed by atoms with van der Waals surface area (Å²) in [5.41, 5.74) is 1.32. The maximum Gasteiger partial charge on any atom is 0.330 e. The molecule has 1 N–H and O–H groups in total. The van der Waals surface area contributed by atoms with Gasteiger partial charge < -0.3 is 9.88 Å². The Morgan fingerprint density at radius 1 is 1.14 bits per heavy atom. The number of nitrogens with zero attached hydrogens (tertiary/aromatic N) is 2. The highest BCUT2D eigenvalue weighted by molar-refractivity contribution is 5.19. The van der Waals surface area contributed by atoms with Crippen molar-refractivity contribution in [2.24, 2.45) is 14.1 Å². The molecule has 0 radical (unpaired) electrons. The van der Waals surface area contributed by atoms with Crippen molar-refractivity contribution in [3.8, 4) is 0 Å². The Morgan fingerprint density at radius 3 is 2.48 bits per heavy atom. The average molecular weight is 287 g/mol. The molecule has 0 bridgehead atoms. The minimum atomic E-state index is -0.304. The SMILES string of the molecule is CC(CNCc1cn(C)c(=O)n(C)c1=O)c1ccccc1. The monoisotopic (exact) mass is 287 g/mol. The second-order valence-electron chi connectivity index (χ2n) is 5.35. The number of hydrogen-bond acceptors (Lipinski definition) is 3. The van der Waals surface area contributed by atoms with Crippen LogP contribution in [0.2, 0.25) is 0 Å². The van der Waals surface area contributed by atoms with Crippen LogP contribution in [-0.2, 0) is 20.6 Å². The highest BCUT2D eigenvalue weighted by atomic mass is 16.2. The zero-order valence-electron chi connectivity index (χ0n) is 12.7. The molecule has 0 fully saturated rings. The minimum absolute atomic E-state index is 0.238. The van der Waals surface area contributed by atoms with E-state index in [-0.39, 0.29) is 11.2 Å².